The minimum absolute atomic E-state index is 0.0690. The fourth-order valence-electron chi connectivity index (χ4n) is 4.16. The van der Waals surface area contributed by atoms with E-state index < -0.39 is 15.9 Å². The van der Waals surface area contributed by atoms with E-state index in [1.54, 1.807) is 36.5 Å². The van der Waals surface area contributed by atoms with Crippen molar-refractivity contribution in [2.45, 2.75) is 24.3 Å². The third-order valence-corrected chi connectivity index (χ3v) is 8.19. The highest BCUT2D eigenvalue weighted by Crippen LogP contribution is 2.31. The van der Waals surface area contributed by atoms with Crippen LogP contribution in [-0.4, -0.2) is 47.3 Å². The Bertz CT molecular complexity index is 1660. The molecule has 3 heterocycles. The van der Waals surface area contributed by atoms with Crippen LogP contribution in [0.5, 0.6) is 0 Å². The first-order valence-corrected chi connectivity index (χ1v) is 13.1. The van der Waals surface area contributed by atoms with Crippen LogP contribution in [0, 0.1) is 5.92 Å². The number of nitrogens with one attached hydrogen (secondary N) is 2. The number of pyridine rings is 2. The molecule has 5 rings (SSSR count). The molecule has 0 unspecified atom stereocenters. The van der Waals surface area contributed by atoms with E-state index in [4.69, 9.17) is 0 Å². The highest BCUT2D eigenvalue weighted by atomic mass is 32.2. The first-order chi connectivity index (χ1) is 17.7. The topological polar surface area (TPSA) is 123 Å². The smallest absolute Gasteiger partial charge is 0.269 e. The maximum atomic E-state index is 13.3. The third-order valence-electron chi connectivity index (χ3n) is 6.49. The summed E-state index contributed by atoms with van der Waals surface area (Å²) in [7, 11) is -2.37. The number of carbonyl (C=O) groups excluding carboxylic acids is 2. The molecule has 2 N–H and O–H groups in total. The van der Waals surface area contributed by atoms with Crippen LogP contribution in [0.1, 0.15) is 45.4 Å². The van der Waals surface area contributed by atoms with Crippen molar-refractivity contribution in [3.05, 3.63) is 96.2 Å². The number of amides is 2. The molecule has 188 valence electrons. The second-order valence-corrected chi connectivity index (χ2v) is 10.8. The largest absolute Gasteiger partial charge is 0.354 e. The lowest BCUT2D eigenvalue weighted by atomic mass is 10.0. The number of nitrogens with zero attached hydrogens (tertiary/aromatic N) is 3. The van der Waals surface area contributed by atoms with Crippen LogP contribution in [-0.2, 0) is 10.0 Å². The molecule has 0 saturated heterocycles. The Hall–Kier alpha value is -4.31. The van der Waals surface area contributed by atoms with Gasteiger partial charge in [0.05, 0.1) is 22.3 Å². The fraction of sp³-hybridized carbons (Fsp3) is 0.185. The molecule has 1 saturated carbocycles. The summed E-state index contributed by atoms with van der Waals surface area (Å²) in [5.41, 5.74) is 1.96. The van der Waals surface area contributed by atoms with Crippen LogP contribution in [0.2, 0.25) is 0 Å². The molecule has 4 aromatic rings. The summed E-state index contributed by atoms with van der Waals surface area (Å²) in [6.07, 6.45) is 5.41. The second kappa shape index (κ2) is 9.29. The summed E-state index contributed by atoms with van der Waals surface area (Å²) in [4.78, 5) is 34.2. The predicted octanol–water partition coefficient (Wildman–Crippen LogP) is 3.23. The SMILES string of the molecule is C=C(c1cc(C(=O)N[C@H]2C[C@@H]2C)cc(C(=O)NC)n1)c1cncc2c1ccn2S(=O)(=O)c1ccccc1. The monoisotopic (exact) mass is 515 g/mol. The minimum atomic E-state index is -3.85. The highest BCUT2D eigenvalue weighted by Gasteiger charge is 2.34. The number of hydrogen-bond donors (Lipinski definition) is 2. The molecule has 0 spiro atoms. The van der Waals surface area contributed by atoms with Gasteiger partial charge < -0.3 is 10.6 Å². The van der Waals surface area contributed by atoms with Crippen molar-refractivity contribution in [3.8, 4) is 0 Å². The summed E-state index contributed by atoms with van der Waals surface area (Å²) in [5.74, 6) is -0.328. The third kappa shape index (κ3) is 4.51. The van der Waals surface area contributed by atoms with Crippen molar-refractivity contribution in [2.75, 3.05) is 7.05 Å². The maximum Gasteiger partial charge on any atom is 0.269 e. The van der Waals surface area contributed by atoms with Gasteiger partial charge in [0.25, 0.3) is 21.8 Å². The van der Waals surface area contributed by atoms with Crippen LogP contribution < -0.4 is 10.6 Å². The molecule has 2 amide bonds. The maximum absolute atomic E-state index is 13.3. The zero-order valence-electron chi connectivity index (χ0n) is 20.3. The molecule has 9 nitrogen and oxygen atoms in total. The number of carbonyl (C=O) groups is 2. The van der Waals surface area contributed by atoms with Crippen LogP contribution in [0.4, 0.5) is 0 Å². The quantitative estimate of drug-likeness (QED) is 0.390. The van der Waals surface area contributed by atoms with Crippen LogP contribution >= 0.6 is 0 Å². The molecular weight excluding hydrogens is 490 g/mol. The van der Waals surface area contributed by atoms with E-state index >= 15 is 0 Å². The zero-order valence-corrected chi connectivity index (χ0v) is 21.1. The molecule has 0 radical (unpaired) electrons. The van der Waals surface area contributed by atoms with Gasteiger partial charge in [-0.2, -0.15) is 0 Å². The molecular formula is C27H25N5O4S. The van der Waals surface area contributed by atoms with Crippen molar-refractivity contribution in [2.24, 2.45) is 5.92 Å². The van der Waals surface area contributed by atoms with E-state index in [2.05, 4.69) is 34.1 Å². The van der Waals surface area contributed by atoms with Gasteiger partial charge in [0.2, 0.25) is 0 Å². The Morgan fingerprint density at radius 1 is 1.05 bits per heavy atom. The molecule has 1 aliphatic rings. The molecule has 1 aromatic carbocycles. The number of benzene rings is 1. The number of aromatic nitrogens is 3. The first kappa shape index (κ1) is 24.4. The molecule has 2 atom stereocenters. The lowest BCUT2D eigenvalue weighted by Gasteiger charge is -2.12. The Morgan fingerprint density at radius 3 is 2.43 bits per heavy atom. The molecule has 0 aliphatic heterocycles. The van der Waals surface area contributed by atoms with Crippen molar-refractivity contribution in [3.63, 3.8) is 0 Å². The van der Waals surface area contributed by atoms with Gasteiger partial charge in [0, 0.05) is 47.6 Å². The Morgan fingerprint density at radius 2 is 1.76 bits per heavy atom. The Kier molecular flexibility index (Phi) is 6.12. The molecule has 10 heteroatoms. The molecule has 1 aliphatic carbocycles. The molecule has 0 bridgehead atoms. The molecule has 3 aromatic heterocycles. The van der Waals surface area contributed by atoms with E-state index in [0.29, 0.717) is 33.7 Å². The average Bonchev–Trinajstić information content (AvgIpc) is 3.42. The summed E-state index contributed by atoms with van der Waals surface area (Å²) in [6, 6.07) is 12.9. The van der Waals surface area contributed by atoms with Gasteiger partial charge in [0.1, 0.15) is 5.69 Å². The average molecular weight is 516 g/mol. The minimum Gasteiger partial charge on any atom is -0.354 e. The van der Waals surface area contributed by atoms with Gasteiger partial charge in [-0.3, -0.25) is 14.6 Å². The van der Waals surface area contributed by atoms with E-state index in [1.807, 2.05) is 0 Å². The summed E-state index contributed by atoms with van der Waals surface area (Å²) in [6.45, 7) is 6.22. The van der Waals surface area contributed by atoms with Gasteiger partial charge in [-0.1, -0.05) is 31.7 Å². The van der Waals surface area contributed by atoms with Gasteiger partial charge in [0.15, 0.2) is 0 Å². The normalized spacial score (nSPS) is 16.8. The van der Waals surface area contributed by atoms with Gasteiger partial charge in [-0.25, -0.2) is 17.4 Å². The highest BCUT2D eigenvalue weighted by molar-refractivity contribution is 7.90. The van der Waals surface area contributed by atoms with E-state index in [0.717, 1.165) is 6.42 Å². The summed E-state index contributed by atoms with van der Waals surface area (Å²) in [5, 5.41) is 6.09. The Balaban J connectivity index is 1.57. The van der Waals surface area contributed by atoms with Crippen LogP contribution in [0.25, 0.3) is 16.5 Å². The van der Waals surface area contributed by atoms with E-state index in [1.165, 1.54) is 41.6 Å². The van der Waals surface area contributed by atoms with Gasteiger partial charge in [-0.05, 0) is 42.7 Å². The number of rotatable bonds is 7. The zero-order chi connectivity index (χ0) is 26.3. The fourth-order valence-corrected chi connectivity index (χ4v) is 5.52. The lowest BCUT2D eigenvalue weighted by molar-refractivity contribution is 0.0949. The first-order valence-electron chi connectivity index (χ1n) is 11.7. The van der Waals surface area contributed by atoms with E-state index in [-0.39, 0.29) is 28.1 Å². The van der Waals surface area contributed by atoms with Gasteiger partial charge in [-0.15, -0.1) is 0 Å². The standard InChI is InChI=1S/C27H25N5O4S/c1-16-11-22(16)31-26(33)18-12-23(30-24(13-18)27(34)28-3)17(2)21-14-29-15-25-20(21)9-10-32(25)37(35,36)19-7-5-4-6-8-19/h4-10,12-16,22H,2,11H2,1,3H3,(H,28,34)(H,31,33)/t16-,22-/m0/s1. The van der Waals surface area contributed by atoms with E-state index in [9.17, 15) is 18.0 Å². The van der Waals surface area contributed by atoms with Crippen molar-refractivity contribution < 1.29 is 18.0 Å². The lowest BCUT2D eigenvalue weighted by Crippen LogP contribution is -2.28. The van der Waals surface area contributed by atoms with Gasteiger partial charge >= 0.3 is 0 Å². The van der Waals surface area contributed by atoms with Crippen LogP contribution in [0.3, 0.4) is 0 Å². The van der Waals surface area contributed by atoms with Crippen molar-refractivity contribution in [1.82, 2.24) is 24.6 Å². The number of hydrogen-bond acceptors (Lipinski definition) is 6. The summed E-state index contributed by atoms with van der Waals surface area (Å²) >= 11 is 0. The van der Waals surface area contributed by atoms with Crippen molar-refractivity contribution in [1.29, 1.82) is 0 Å². The summed E-state index contributed by atoms with van der Waals surface area (Å²) < 4.78 is 27.7. The Labute approximate surface area is 214 Å². The second-order valence-electron chi connectivity index (χ2n) is 9.03. The molecule has 1 fully saturated rings. The van der Waals surface area contributed by atoms with Crippen LogP contribution in [0.15, 0.2) is 78.6 Å². The predicted molar refractivity (Wildman–Crippen MR) is 140 cm³/mol. The number of fused-ring (bicyclic) bond motifs is 1. The molecule has 37 heavy (non-hydrogen) atoms. The van der Waals surface area contributed by atoms with Crippen molar-refractivity contribution >= 4 is 38.3 Å².